The Bertz CT molecular complexity index is 644. The molecule has 1 aliphatic heterocycles. The quantitative estimate of drug-likeness (QED) is 0.595. The standard InChI is InChI=1S/C19H20O3Se/c1-21-18(20)15-12-19(22-13-15,16-8-4-2-5-9-16)14-23-17-10-6-3-7-11-17/h2-11,15H,12-14H2,1H3/t15-,19-/m0/s1. The van der Waals surface area contributed by atoms with Crippen molar-refractivity contribution in [1.29, 1.82) is 0 Å². The van der Waals surface area contributed by atoms with Crippen molar-refractivity contribution in [3.8, 4) is 0 Å². The predicted molar refractivity (Wildman–Crippen MR) is 90.8 cm³/mol. The second kappa shape index (κ2) is 7.31. The first kappa shape index (κ1) is 16.3. The molecule has 0 N–H and O–H groups in total. The van der Waals surface area contributed by atoms with E-state index in [-0.39, 0.29) is 17.5 Å². The average molecular weight is 375 g/mol. The molecular formula is C19H20O3Se. The molecule has 3 rings (SSSR count). The van der Waals surface area contributed by atoms with Crippen LogP contribution in [0.2, 0.25) is 5.32 Å². The summed E-state index contributed by atoms with van der Waals surface area (Å²) in [5.41, 5.74) is 0.778. The monoisotopic (exact) mass is 376 g/mol. The normalized spacial score (nSPS) is 23.6. The topological polar surface area (TPSA) is 35.5 Å². The van der Waals surface area contributed by atoms with Crippen LogP contribution in [0.3, 0.4) is 0 Å². The molecule has 3 nitrogen and oxygen atoms in total. The zero-order valence-corrected chi connectivity index (χ0v) is 14.8. The van der Waals surface area contributed by atoms with Gasteiger partial charge in [0.05, 0.1) is 0 Å². The molecule has 1 fully saturated rings. The summed E-state index contributed by atoms with van der Waals surface area (Å²) in [6.45, 7) is 0.437. The van der Waals surface area contributed by atoms with Crippen LogP contribution in [-0.4, -0.2) is 34.6 Å². The number of carbonyl (C=O) groups is 1. The van der Waals surface area contributed by atoms with Gasteiger partial charge < -0.3 is 0 Å². The summed E-state index contributed by atoms with van der Waals surface area (Å²) in [4.78, 5) is 11.9. The Balaban J connectivity index is 1.82. The van der Waals surface area contributed by atoms with E-state index in [0.717, 1.165) is 10.9 Å². The maximum atomic E-state index is 11.9. The molecule has 0 amide bonds. The molecule has 1 saturated heterocycles. The summed E-state index contributed by atoms with van der Waals surface area (Å²) in [5, 5.41) is 0.918. The first-order valence-corrected chi connectivity index (χ1v) is 9.75. The molecule has 4 heteroatoms. The fraction of sp³-hybridized carbons (Fsp3) is 0.316. The van der Waals surface area contributed by atoms with Crippen LogP contribution in [0.5, 0.6) is 0 Å². The van der Waals surface area contributed by atoms with E-state index < -0.39 is 0 Å². The molecule has 1 heterocycles. The summed E-state index contributed by atoms with van der Waals surface area (Å²) in [6, 6.07) is 20.7. The van der Waals surface area contributed by atoms with Crippen LogP contribution < -0.4 is 4.46 Å². The van der Waals surface area contributed by atoms with Crippen molar-refractivity contribution in [2.75, 3.05) is 13.7 Å². The van der Waals surface area contributed by atoms with Gasteiger partial charge in [0.2, 0.25) is 0 Å². The summed E-state index contributed by atoms with van der Waals surface area (Å²) in [7, 11) is 1.44. The molecule has 0 radical (unpaired) electrons. The molecule has 0 bridgehead atoms. The first-order valence-electron chi connectivity index (χ1n) is 7.69. The van der Waals surface area contributed by atoms with E-state index >= 15 is 0 Å². The number of benzene rings is 2. The van der Waals surface area contributed by atoms with E-state index in [4.69, 9.17) is 9.47 Å². The average Bonchev–Trinajstić information content (AvgIpc) is 3.07. The third-order valence-electron chi connectivity index (χ3n) is 4.19. The third-order valence-corrected chi connectivity index (χ3v) is 6.74. The zero-order chi connectivity index (χ0) is 16.1. The van der Waals surface area contributed by atoms with Gasteiger partial charge in [0, 0.05) is 0 Å². The molecule has 0 saturated carbocycles. The molecule has 0 aromatic heterocycles. The van der Waals surface area contributed by atoms with Gasteiger partial charge in [-0.05, 0) is 0 Å². The Morgan fingerprint density at radius 3 is 2.48 bits per heavy atom. The van der Waals surface area contributed by atoms with Gasteiger partial charge in [-0.25, -0.2) is 0 Å². The number of hydrogen-bond acceptors (Lipinski definition) is 3. The van der Waals surface area contributed by atoms with Crippen molar-refractivity contribution in [3.05, 3.63) is 66.2 Å². The number of rotatable bonds is 5. The second-order valence-corrected chi connectivity index (χ2v) is 7.90. The van der Waals surface area contributed by atoms with Crippen LogP contribution in [0.25, 0.3) is 0 Å². The van der Waals surface area contributed by atoms with Crippen LogP contribution in [0, 0.1) is 5.92 Å². The fourth-order valence-electron chi connectivity index (χ4n) is 2.94. The third kappa shape index (κ3) is 3.66. The number of carbonyl (C=O) groups excluding carboxylic acids is 1. The summed E-state index contributed by atoms with van der Waals surface area (Å²) < 4.78 is 12.5. The van der Waals surface area contributed by atoms with Gasteiger partial charge in [-0.1, -0.05) is 0 Å². The van der Waals surface area contributed by atoms with Crippen molar-refractivity contribution >= 4 is 25.4 Å². The van der Waals surface area contributed by atoms with E-state index in [1.54, 1.807) is 0 Å². The van der Waals surface area contributed by atoms with Crippen molar-refractivity contribution in [1.82, 2.24) is 0 Å². The van der Waals surface area contributed by atoms with E-state index in [2.05, 4.69) is 36.4 Å². The molecule has 2 aromatic rings. The summed E-state index contributed by atoms with van der Waals surface area (Å²) >= 11 is 0.294. The van der Waals surface area contributed by atoms with E-state index in [1.165, 1.54) is 11.6 Å². The Labute approximate surface area is 143 Å². The van der Waals surface area contributed by atoms with Gasteiger partial charge in [-0.3, -0.25) is 0 Å². The number of methoxy groups -OCH3 is 1. The predicted octanol–water partition coefficient (Wildman–Crippen LogP) is 2.54. The zero-order valence-electron chi connectivity index (χ0n) is 13.1. The number of ether oxygens (including phenoxy) is 2. The van der Waals surface area contributed by atoms with Crippen LogP contribution in [0.1, 0.15) is 12.0 Å². The van der Waals surface area contributed by atoms with Crippen molar-refractivity contribution < 1.29 is 14.3 Å². The second-order valence-electron chi connectivity index (χ2n) is 5.70. The van der Waals surface area contributed by atoms with Crippen LogP contribution in [0.15, 0.2) is 60.7 Å². The van der Waals surface area contributed by atoms with E-state index in [1.807, 2.05) is 24.3 Å². The van der Waals surface area contributed by atoms with Gasteiger partial charge in [0.25, 0.3) is 0 Å². The number of hydrogen-bond donors (Lipinski definition) is 0. The van der Waals surface area contributed by atoms with Gasteiger partial charge in [0.15, 0.2) is 0 Å². The molecule has 120 valence electrons. The molecule has 0 unspecified atom stereocenters. The van der Waals surface area contributed by atoms with Crippen molar-refractivity contribution in [2.45, 2.75) is 17.3 Å². The molecule has 2 atom stereocenters. The Kier molecular flexibility index (Phi) is 5.16. The molecule has 2 aromatic carbocycles. The number of esters is 1. The maximum absolute atomic E-state index is 11.9. The summed E-state index contributed by atoms with van der Waals surface area (Å²) in [6.07, 6.45) is 0.693. The molecule has 0 spiro atoms. The van der Waals surface area contributed by atoms with Gasteiger partial charge in [0.1, 0.15) is 0 Å². The molecular weight excluding hydrogens is 355 g/mol. The van der Waals surface area contributed by atoms with E-state index in [0.29, 0.717) is 28.0 Å². The van der Waals surface area contributed by atoms with E-state index in [9.17, 15) is 4.79 Å². The summed E-state index contributed by atoms with van der Waals surface area (Å²) in [5.74, 6) is -0.346. The van der Waals surface area contributed by atoms with Gasteiger partial charge in [-0.2, -0.15) is 0 Å². The van der Waals surface area contributed by atoms with Crippen LogP contribution in [-0.2, 0) is 19.9 Å². The minimum absolute atomic E-state index is 0.171. The minimum atomic E-state index is -0.379. The SMILES string of the molecule is COC(=O)[C@@H]1CO[C@@](C[Se]c2ccccc2)(c2ccccc2)C1. The Morgan fingerprint density at radius 2 is 1.83 bits per heavy atom. The Hall–Kier alpha value is -1.61. The molecule has 0 aliphatic carbocycles. The molecule has 1 aliphatic rings. The first-order chi connectivity index (χ1) is 11.2. The van der Waals surface area contributed by atoms with Gasteiger partial charge in [-0.15, -0.1) is 0 Å². The van der Waals surface area contributed by atoms with Crippen LogP contribution >= 0.6 is 0 Å². The Morgan fingerprint density at radius 1 is 1.17 bits per heavy atom. The van der Waals surface area contributed by atoms with Crippen molar-refractivity contribution in [2.24, 2.45) is 5.92 Å². The van der Waals surface area contributed by atoms with Crippen LogP contribution in [0.4, 0.5) is 0 Å². The van der Waals surface area contributed by atoms with Crippen molar-refractivity contribution in [3.63, 3.8) is 0 Å². The molecule has 23 heavy (non-hydrogen) atoms. The van der Waals surface area contributed by atoms with Gasteiger partial charge >= 0.3 is 143 Å². The fourth-order valence-corrected chi connectivity index (χ4v) is 5.28.